The van der Waals surface area contributed by atoms with E-state index < -0.39 is 0 Å². The Labute approximate surface area is 309 Å². The van der Waals surface area contributed by atoms with Gasteiger partial charge in [0, 0.05) is 43.6 Å². The minimum atomic E-state index is 0.575. The summed E-state index contributed by atoms with van der Waals surface area (Å²) in [6, 6.07) is 60.4. The van der Waals surface area contributed by atoms with Gasteiger partial charge >= 0.3 is 0 Å². The van der Waals surface area contributed by atoms with Crippen LogP contribution >= 0.6 is 0 Å². The second kappa shape index (κ2) is 12.1. The highest BCUT2D eigenvalue weighted by Gasteiger charge is 2.21. The Balaban J connectivity index is 1.18. The third-order valence-electron chi connectivity index (χ3n) is 10.3. The average molecular weight is 692 g/mol. The van der Waals surface area contributed by atoms with Crippen molar-refractivity contribution in [1.29, 1.82) is 0 Å². The summed E-state index contributed by atoms with van der Waals surface area (Å²) in [5.41, 5.74) is 10.4. The van der Waals surface area contributed by atoms with Gasteiger partial charge in [-0.15, -0.1) is 0 Å². The van der Waals surface area contributed by atoms with Crippen molar-refractivity contribution in [2.75, 3.05) is 0 Å². The van der Waals surface area contributed by atoms with Gasteiger partial charge in [0.25, 0.3) is 0 Å². The Morgan fingerprint density at radius 3 is 1.69 bits per heavy atom. The number of aromatic nitrogens is 3. The van der Waals surface area contributed by atoms with Crippen molar-refractivity contribution >= 4 is 54.6 Å². The van der Waals surface area contributed by atoms with Gasteiger partial charge in [-0.05, 0) is 64.0 Å². The molecule has 0 fully saturated rings. The molecule has 8 aromatic carbocycles. The molecule has 11 rings (SSSR count). The number of para-hydroxylation sites is 1. The monoisotopic (exact) mass is 691 g/mol. The number of hydrogen-bond acceptors (Lipinski definition) is 5. The first-order valence-electron chi connectivity index (χ1n) is 18.0. The Morgan fingerprint density at radius 2 is 0.889 bits per heavy atom. The summed E-state index contributed by atoms with van der Waals surface area (Å²) in [5, 5.41) is 6.04. The predicted octanol–water partition coefficient (Wildman–Crippen LogP) is 13.2. The minimum Gasteiger partial charge on any atom is -0.456 e. The van der Waals surface area contributed by atoms with E-state index in [1.807, 2.05) is 42.5 Å². The van der Waals surface area contributed by atoms with Crippen LogP contribution in [0.4, 0.5) is 0 Å². The SMILES string of the molecule is c1ccc(-c2cccc(-c3nc(-c4cc5c6ccc(-c7ccccc7)cc6oc5c5ccccc45)nc(-c4cccc5oc6ccccc6c45)n3)c2)cc1. The van der Waals surface area contributed by atoms with Crippen LogP contribution in [0.5, 0.6) is 0 Å². The van der Waals surface area contributed by atoms with Gasteiger partial charge in [-0.25, -0.2) is 15.0 Å². The Hall–Kier alpha value is -7.37. The smallest absolute Gasteiger partial charge is 0.164 e. The lowest BCUT2D eigenvalue weighted by Crippen LogP contribution is -2.01. The number of rotatable bonds is 5. The molecule has 0 N–H and O–H groups in total. The molecule has 0 amide bonds. The van der Waals surface area contributed by atoms with Crippen molar-refractivity contribution in [3.63, 3.8) is 0 Å². The molecule has 5 heteroatoms. The molecule has 0 spiro atoms. The third kappa shape index (κ3) is 4.90. The zero-order chi connectivity index (χ0) is 35.6. The Morgan fingerprint density at radius 1 is 0.296 bits per heavy atom. The van der Waals surface area contributed by atoms with Crippen molar-refractivity contribution in [2.24, 2.45) is 0 Å². The van der Waals surface area contributed by atoms with Crippen molar-refractivity contribution in [3.05, 3.63) is 176 Å². The molecule has 0 saturated heterocycles. The van der Waals surface area contributed by atoms with Crippen LogP contribution in [0.25, 0.3) is 111 Å². The van der Waals surface area contributed by atoms with E-state index in [1.54, 1.807) is 0 Å². The van der Waals surface area contributed by atoms with Crippen LogP contribution in [0.1, 0.15) is 0 Å². The number of furan rings is 2. The van der Waals surface area contributed by atoms with Crippen molar-refractivity contribution in [2.45, 2.75) is 0 Å². The Bertz CT molecular complexity index is 3220. The molecule has 0 saturated carbocycles. The molecular formula is C49H29N3O2. The number of benzene rings is 8. The van der Waals surface area contributed by atoms with Crippen LogP contribution in [0.15, 0.2) is 185 Å². The summed E-state index contributed by atoms with van der Waals surface area (Å²) in [5.74, 6) is 1.75. The first kappa shape index (κ1) is 30.3. The van der Waals surface area contributed by atoms with Crippen molar-refractivity contribution < 1.29 is 8.83 Å². The van der Waals surface area contributed by atoms with E-state index in [2.05, 4.69) is 133 Å². The first-order valence-corrected chi connectivity index (χ1v) is 18.0. The fourth-order valence-electron chi connectivity index (χ4n) is 7.77. The lowest BCUT2D eigenvalue weighted by atomic mass is 9.98. The van der Waals surface area contributed by atoms with Crippen LogP contribution < -0.4 is 0 Å². The minimum absolute atomic E-state index is 0.575. The fourth-order valence-corrected chi connectivity index (χ4v) is 7.77. The number of fused-ring (bicyclic) bond motifs is 8. The standard InChI is InChI=1S/C49H29N3O2/c1-3-13-30(14-4-1)32-17-11-18-34(27-32)47-50-48(39-22-12-24-43-45(39)38-21-9-10-23-42(38)53-43)52-49(51-47)41-29-40-36-26-25-33(31-15-5-2-6-16-31)28-44(36)54-46(40)37-20-8-7-19-35(37)41/h1-29H. The highest BCUT2D eigenvalue weighted by Crippen LogP contribution is 2.42. The highest BCUT2D eigenvalue weighted by molar-refractivity contribution is 6.19. The van der Waals surface area contributed by atoms with E-state index in [0.29, 0.717) is 17.5 Å². The highest BCUT2D eigenvalue weighted by atomic mass is 16.3. The van der Waals surface area contributed by atoms with Gasteiger partial charge < -0.3 is 8.83 Å². The van der Waals surface area contributed by atoms with Gasteiger partial charge in [-0.1, -0.05) is 140 Å². The summed E-state index contributed by atoms with van der Waals surface area (Å²) < 4.78 is 13.0. The molecule has 0 unspecified atom stereocenters. The number of nitrogens with zero attached hydrogens (tertiary/aromatic N) is 3. The normalized spacial score (nSPS) is 11.7. The van der Waals surface area contributed by atoms with Gasteiger partial charge in [0.15, 0.2) is 17.5 Å². The molecule has 0 aliphatic carbocycles. The van der Waals surface area contributed by atoms with Gasteiger partial charge in [0.2, 0.25) is 0 Å². The second-order valence-corrected chi connectivity index (χ2v) is 13.6. The molecule has 11 aromatic rings. The van der Waals surface area contributed by atoms with Crippen LogP contribution in [0, 0.1) is 0 Å². The van der Waals surface area contributed by atoms with Crippen LogP contribution in [0.3, 0.4) is 0 Å². The zero-order valence-electron chi connectivity index (χ0n) is 28.9. The van der Waals surface area contributed by atoms with E-state index >= 15 is 0 Å². The van der Waals surface area contributed by atoms with E-state index in [0.717, 1.165) is 93.6 Å². The fraction of sp³-hybridized carbons (Fsp3) is 0. The molecule has 3 aromatic heterocycles. The maximum absolute atomic E-state index is 6.68. The van der Waals surface area contributed by atoms with Gasteiger partial charge in [0.1, 0.15) is 22.3 Å². The molecule has 0 radical (unpaired) electrons. The maximum atomic E-state index is 6.68. The first-order chi connectivity index (χ1) is 26.7. The van der Waals surface area contributed by atoms with Crippen molar-refractivity contribution in [1.82, 2.24) is 15.0 Å². The molecule has 0 aliphatic rings. The zero-order valence-corrected chi connectivity index (χ0v) is 28.9. The number of hydrogen-bond donors (Lipinski definition) is 0. The summed E-state index contributed by atoms with van der Waals surface area (Å²) in [7, 11) is 0. The molecule has 0 aliphatic heterocycles. The molecule has 3 heterocycles. The average Bonchev–Trinajstić information content (AvgIpc) is 3.82. The lowest BCUT2D eigenvalue weighted by molar-refractivity contribution is 0.669. The molecule has 54 heavy (non-hydrogen) atoms. The van der Waals surface area contributed by atoms with E-state index in [1.165, 1.54) is 0 Å². The lowest BCUT2D eigenvalue weighted by Gasteiger charge is -2.12. The van der Waals surface area contributed by atoms with Gasteiger partial charge in [-0.2, -0.15) is 0 Å². The summed E-state index contributed by atoms with van der Waals surface area (Å²) >= 11 is 0. The molecule has 252 valence electrons. The van der Waals surface area contributed by atoms with Crippen LogP contribution in [0.2, 0.25) is 0 Å². The topological polar surface area (TPSA) is 65.0 Å². The van der Waals surface area contributed by atoms with E-state index in [-0.39, 0.29) is 0 Å². The second-order valence-electron chi connectivity index (χ2n) is 13.6. The van der Waals surface area contributed by atoms with E-state index in [9.17, 15) is 0 Å². The molecule has 5 nitrogen and oxygen atoms in total. The van der Waals surface area contributed by atoms with Crippen LogP contribution in [-0.4, -0.2) is 15.0 Å². The quantitative estimate of drug-likeness (QED) is 0.180. The van der Waals surface area contributed by atoms with Crippen molar-refractivity contribution in [3.8, 4) is 56.4 Å². The molecule has 0 atom stereocenters. The third-order valence-corrected chi connectivity index (χ3v) is 10.3. The predicted molar refractivity (Wildman–Crippen MR) is 219 cm³/mol. The van der Waals surface area contributed by atoms with E-state index in [4.69, 9.17) is 23.8 Å². The maximum Gasteiger partial charge on any atom is 0.164 e. The molecular weight excluding hydrogens is 663 g/mol. The summed E-state index contributed by atoms with van der Waals surface area (Å²) in [6.07, 6.45) is 0. The van der Waals surface area contributed by atoms with Gasteiger partial charge in [-0.3, -0.25) is 0 Å². The molecule has 0 bridgehead atoms. The summed E-state index contributed by atoms with van der Waals surface area (Å²) in [4.78, 5) is 15.8. The Kier molecular flexibility index (Phi) is 6.79. The summed E-state index contributed by atoms with van der Waals surface area (Å²) in [6.45, 7) is 0. The van der Waals surface area contributed by atoms with Gasteiger partial charge in [0.05, 0.1) is 0 Å². The van der Waals surface area contributed by atoms with Crippen LogP contribution in [-0.2, 0) is 0 Å². The largest absolute Gasteiger partial charge is 0.456 e.